The molecule has 0 unspecified atom stereocenters. The molecule has 132 valence electrons. The summed E-state index contributed by atoms with van der Waals surface area (Å²) in [5, 5.41) is 0. The van der Waals surface area contributed by atoms with E-state index in [1.807, 2.05) is 30.0 Å². The van der Waals surface area contributed by atoms with Crippen LogP contribution in [0.15, 0.2) is 54.9 Å². The van der Waals surface area contributed by atoms with E-state index in [2.05, 4.69) is 29.2 Å². The van der Waals surface area contributed by atoms with Gasteiger partial charge < -0.3 is 9.64 Å². The van der Waals surface area contributed by atoms with E-state index in [-0.39, 0.29) is 12.0 Å². The summed E-state index contributed by atoms with van der Waals surface area (Å²) in [6.45, 7) is 4.10. The van der Waals surface area contributed by atoms with Crippen LogP contribution in [0.5, 0.6) is 0 Å². The molecule has 1 aliphatic heterocycles. The lowest BCUT2D eigenvalue weighted by Gasteiger charge is -2.38. The molecule has 0 radical (unpaired) electrons. The molecule has 25 heavy (non-hydrogen) atoms. The molecule has 1 aromatic carbocycles. The molecular formula is C21H26N2O2. The van der Waals surface area contributed by atoms with Crippen LogP contribution >= 0.6 is 0 Å². The number of likely N-dealkylation sites (tertiary alicyclic amines) is 1. The summed E-state index contributed by atoms with van der Waals surface area (Å²) in [5.41, 5.74) is 2.44. The fourth-order valence-electron chi connectivity index (χ4n) is 3.48. The molecule has 0 bridgehead atoms. The van der Waals surface area contributed by atoms with Crippen LogP contribution in [-0.2, 0) is 22.6 Å². The molecule has 4 heteroatoms. The van der Waals surface area contributed by atoms with Gasteiger partial charge in [-0.05, 0) is 36.1 Å². The van der Waals surface area contributed by atoms with Crippen molar-refractivity contribution < 1.29 is 9.53 Å². The highest BCUT2D eigenvalue weighted by Gasteiger charge is 2.31. The van der Waals surface area contributed by atoms with Crippen molar-refractivity contribution >= 4 is 5.91 Å². The monoisotopic (exact) mass is 338 g/mol. The topological polar surface area (TPSA) is 42.4 Å². The molecule has 4 nitrogen and oxygen atoms in total. The van der Waals surface area contributed by atoms with Gasteiger partial charge in [0.15, 0.2) is 0 Å². The first-order valence-corrected chi connectivity index (χ1v) is 9.08. The zero-order valence-electron chi connectivity index (χ0n) is 14.8. The number of amides is 1. The van der Waals surface area contributed by atoms with Crippen molar-refractivity contribution in [1.29, 1.82) is 0 Å². The standard InChI is InChI=1S/C21H26N2O2/c1-2-21(24)23-13-10-20(25-16-18-8-11-22-12-9-18)19(15-23)14-17-6-4-3-5-7-17/h3-9,11-12,19-20H,2,10,13-16H2,1H3/t19-,20+/m0/s1. The Morgan fingerprint density at radius 3 is 2.64 bits per heavy atom. The van der Waals surface area contributed by atoms with Crippen LogP contribution in [0.3, 0.4) is 0 Å². The number of hydrogen-bond donors (Lipinski definition) is 0. The Morgan fingerprint density at radius 1 is 1.16 bits per heavy atom. The minimum Gasteiger partial charge on any atom is -0.373 e. The highest BCUT2D eigenvalue weighted by molar-refractivity contribution is 5.75. The van der Waals surface area contributed by atoms with Crippen LogP contribution in [0, 0.1) is 5.92 Å². The molecular weight excluding hydrogens is 312 g/mol. The number of hydrogen-bond acceptors (Lipinski definition) is 3. The molecule has 2 aromatic rings. The van der Waals surface area contributed by atoms with E-state index in [0.717, 1.165) is 31.5 Å². The number of ether oxygens (including phenoxy) is 1. The maximum absolute atomic E-state index is 12.1. The predicted molar refractivity (Wildman–Crippen MR) is 97.9 cm³/mol. The van der Waals surface area contributed by atoms with E-state index < -0.39 is 0 Å². The van der Waals surface area contributed by atoms with E-state index in [0.29, 0.717) is 18.9 Å². The van der Waals surface area contributed by atoms with Gasteiger partial charge >= 0.3 is 0 Å². The van der Waals surface area contributed by atoms with Crippen molar-refractivity contribution in [1.82, 2.24) is 9.88 Å². The molecule has 0 N–H and O–H groups in total. The van der Waals surface area contributed by atoms with Crippen molar-refractivity contribution in [3.05, 3.63) is 66.0 Å². The molecule has 1 fully saturated rings. The second-order valence-electron chi connectivity index (χ2n) is 6.64. The lowest BCUT2D eigenvalue weighted by molar-refractivity contribution is -0.136. The zero-order chi connectivity index (χ0) is 17.5. The highest BCUT2D eigenvalue weighted by atomic mass is 16.5. The first kappa shape index (κ1) is 17.6. The molecule has 1 aromatic heterocycles. The molecule has 1 amide bonds. The quantitative estimate of drug-likeness (QED) is 0.810. The van der Waals surface area contributed by atoms with E-state index in [1.54, 1.807) is 12.4 Å². The maximum atomic E-state index is 12.1. The summed E-state index contributed by atoms with van der Waals surface area (Å²) in [6.07, 6.45) is 6.17. The molecule has 2 heterocycles. The van der Waals surface area contributed by atoms with Gasteiger partial charge in [-0.3, -0.25) is 9.78 Å². The molecule has 1 aliphatic rings. The smallest absolute Gasteiger partial charge is 0.222 e. The molecule has 0 saturated carbocycles. The van der Waals surface area contributed by atoms with Crippen LogP contribution in [0.4, 0.5) is 0 Å². The zero-order valence-corrected chi connectivity index (χ0v) is 14.8. The average molecular weight is 338 g/mol. The lowest BCUT2D eigenvalue weighted by Crippen LogP contribution is -2.47. The van der Waals surface area contributed by atoms with Gasteiger partial charge in [0.2, 0.25) is 5.91 Å². The second-order valence-corrected chi connectivity index (χ2v) is 6.64. The van der Waals surface area contributed by atoms with Crippen molar-refractivity contribution in [2.45, 2.75) is 38.9 Å². The van der Waals surface area contributed by atoms with Gasteiger partial charge in [-0.1, -0.05) is 37.3 Å². The Bertz CT molecular complexity index is 660. The van der Waals surface area contributed by atoms with Crippen LogP contribution in [0.25, 0.3) is 0 Å². The third-order valence-corrected chi connectivity index (χ3v) is 4.87. The fourth-order valence-corrected chi connectivity index (χ4v) is 3.48. The van der Waals surface area contributed by atoms with Crippen LogP contribution in [0.2, 0.25) is 0 Å². The summed E-state index contributed by atoms with van der Waals surface area (Å²) in [7, 11) is 0. The summed E-state index contributed by atoms with van der Waals surface area (Å²) >= 11 is 0. The Labute approximate surface area is 149 Å². The van der Waals surface area contributed by atoms with E-state index in [1.165, 1.54) is 5.56 Å². The van der Waals surface area contributed by atoms with E-state index in [9.17, 15) is 4.79 Å². The van der Waals surface area contributed by atoms with Crippen LogP contribution < -0.4 is 0 Å². The molecule has 1 saturated heterocycles. The summed E-state index contributed by atoms with van der Waals surface area (Å²) in [5.74, 6) is 0.569. The van der Waals surface area contributed by atoms with Gasteiger partial charge in [-0.15, -0.1) is 0 Å². The van der Waals surface area contributed by atoms with Gasteiger partial charge in [0.05, 0.1) is 12.7 Å². The first-order chi connectivity index (χ1) is 12.3. The number of carbonyl (C=O) groups is 1. The summed E-state index contributed by atoms with van der Waals surface area (Å²) < 4.78 is 6.25. The van der Waals surface area contributed by atoms with Crippen molar-refractivity contribution in [3.8, 4) is 0 Å². The van der Waals surface area contributed by atoms with E-state index in [4.69, 9.17) is 4.74 Å². The number of piperidine rings is 1. The Balaban J connectivity index is 1.67. The van der Waals surface area contributed by atoms with Gasteiger partial charge in [0.1, 0.15) is 0 Å². The van der Waals surface area contributed by atoms with Crippen molar-refractivity contribution in [3.63, 3.8) is 0 Å². The van der Waals surface area contributed by atoms with E-state index >= 15 is 0 Å². The fraction of sp³-hybridized carbons (Fsp3) is 0.429. The Kier molecular flexibility index (Phi) is 6.18. The maximum Gasteiger partial charge on any atom is 0.222 e. The Hall–Kier alpha value is -2.20. The number of carbonyl (C=O) groups excluding carboxylic acids is 1. The number of pyridine rings is 1. The van der Waals surface area contributed by atoms with Crippen LogP contribution in [-0.4, -0.2) is 35.0 Å². The molecule has 0 spiro atoms. The molecule has 3 rings (SSSR count). The minimum absolute atomic E-state index is 0.175. The third-order valence-electron chi connectivity index (χ3n) is 4.87. The highest BCUT2D eigenvalue weighted by Crippen LogP contribution is 2.25. The van der Waals surface area contributed by atoms with Gasteiger partial charge in [-0.25, -0.2) is 0 Å². The number of benzene rings is 1. The second kappa shape index (κ2) is 8.77. The Morgan fingerprint density at radius 2 is 1.92 bits per heavy atom. The van der Waals surface area contributed by atoms with Crippen LogP contribution in [0.1, 0.15) is 30.9 Å². The van der Waals surface area contributed by atoms with Gasteiger partial charge in [-0.2, -0.15) is 0 Å². The normalized spacial score (nSPS) is 20.4. The number of aromatic nitrogens is 1. The number of nitrogens with zero attached hydrogens (tertiary/aromatic N) is 2. The largest absolute Gasteiger partial charge is 0.373 e. The SMILES string of the molecule is CCC(=O)N1CC[C@@H](OCc2ccncc2)[C@@H](Cc2ccccc2)C1. The predicted octanol–water partition coefficient (Wildman–Crippen LogP) is 3.47. The van der Waals surface area contributed by atoms with Gasteiger partial charge in [0.25, 0.3) is 0 Å². The van der Waals surface area contributed by atoms with Crippen molar-refractivity contribution in [2.75, 3.05) is 13.1 Å². The summed E-state index contributed by atoms with van der Waals surface area (Å²) in [6, 6.07) is 14.5. The minimum atomic E-state index is 0.175. The van der Waals surface area contributed by atoms with Crippen molar-refractivity contribution in [2.24, 2.45) is 5.92 Å². The third kappa shape index (κ3) is 4.89. The lowest BCUT2D eigenvalue weighted by atomic mass is 9.88. The molecule has 2 atom stereocenters. The first-order valence-electron chi connectivity index (χ1n) is 9.08. The molecule has 0 aliphatic carbocycles. The average Bonchev–Trinajstić information content (AvgIpc) is 2.68. The summed E-state index contributed by atoms with van der Waals surface area (Å²) in [4.78, 5) is 18.2. The number of rotatable bonds is 6. The van der Waals surface area contributed by atoms with Gasteiger partial charge in [0, 0.05) is 37.8 Å².